The van der Waals surface area contributed by atoms with E-state index in [2.05, 4.69) is 34.7 Å². The fourth-order valence-electron chi connectivity index (χ4n) is 3.20. The second kappa shape index (κ2) is 9.55. The van der Waals surface area contributed by atoms with Gasteiger partial charge in [0.05, 0.1) is 6.54 Å². The van der Waals surface area contributed by atoms with Gasteiger partial charge < -0.3 is 15.5 Å². The lowest BCUT2D eigenvalue weighted by atomic mass is 10.1. The van der Waals surface area contributed by atoms with Gasteiger partial charge in [0.1, 0.15) is 0 Å². The van der Waals surface area contributed by atoms with Gasteiger partial charge in [-0.3, -0.25) is 9.79 Å². The lowest BCUT2D eigenvalue weighted by molar-refractivity contribution is 0.0724. The molecule has 0 atom stereocenters. The van der Waals surface area contributed by atoms with Crippen LogP contribution in [0.4, 0.5) is 0 Å². The van der Waals surface area contributed by atoms with Crippen LogP contribution in [0, 0.1) is 6.92 Å². The van der Waals surface area contributed by atoms with Gasteiger partial charge in [-0.2, -0.15) is 0 Å². The number of likely N-dealkylation sites (tertiary alicyclic amines) is 1. The van der Waals surface area contributed by atoms with Crippen LogP contribution >= 0.6 is 11.3 Å². The molecule has 0 radical (unpaired) electrons. The molecule has 2 N–H and O–H groups in total. The van der Waals surface area contributed by atoms with Crippen LogP contribution in [0.3, 0.4) is 0 Å². The molecule has 0 spiro atoms. The van der Waals surface area contributed by atoms with Crippen molar-refractivity contribution in [1.82, 2.24) is 15.5 Å². The van der Waals surface area contributed by atoms with Gasteiger partial charge in [0.2, 0.25) is 0 Å². The van der Waals surface area contributed by atoms with E-state index < -0.39 is 0 Å². The van der Waals surface area contributed by atoms with E-state index in [0.717, 1.165) is 49.6 Å². The number of rotatable bonds is 5. The standard InChI is InChI=1S/C21H28N4OS/c1-16-6-11-19(27-16)15-24-21(22-2)23-14-17-7-9-18(10-8-17)20(26)25-12-4-3-5-13-25/h6-11H,3-5,12-15H2,1-2H3,(H2,22,23,24). The summed E-state index contributed by atoms with van der Waals surface area (Å²) in [6, 6.07) is 12.2. The summed E-state index contributed by atoms with van der Waals surface area (Å²) in [6.45, 7) is 5.31. The molecule has 0 saturated carbocycles. The third-order valence-corrected chi connectivity index (χ3v) is 5.75. The van der Waals surface area contributed by atoms with E-state index in [4.69, 9.17) is 0 Å². The Morgan fingerprint density at radius 2 is 1.74 bits per heavy atom. The molecule has 1 amide bonds. The molecule has 27 heavy (non-hydrogen) atoms. The van der Waals surface area contributed by atoms with Crippen LogP contribution in [-0.2, 0) is 13.1 Å². The first kappa shape index (κ1) is 19.4. The summed E-state index contributed by atoms with van der Waals surface area (Å²) < 4.78 is 0. The molecule has 2 aromatic rings. The number of hydrogen-bond donors (Lipinski definition) is 2. The number of hydrogen-bond acceptors (Lipinski definition) is 3. The summed E-state index contributed by atoms with van der Waals surface area (Å²) in [5.74, 6) is 0.924. The van der Waals surface area contributed by atoms with Crippen LogP contribution in [0.25, 0.3) is 0 Å². The number of nitrogens with one attached hydrogen (secondary N) is 2. The molecule has 0 unspecified atom stereocenters. The molecule has 5 nitrogen and oxygen atoms in total. The van der Waals surface area contributed by atoms with Crippen LogP contribution < -0.4 is 10.6 Å². The van der Waals surface area contributed by atoms with E-state index in [1.165, 1.54) is 16.2 Å². The lowest BCUT2D eigenvalue weighted by Gasteiger charge is -2.26. The zero-order valence-electron chi connectivity index (χ0n) is 16.1. The highest BCUT2D eigenvalue weighted by Gasteiger charge is 2.17. The molecule has 1 saturated heterocycles. The lowest BCUT2D eigenvalue weighted by Crippen LogP contribution is -2.36. The number of piperidine rings is 1. The van der Waals surface area contributed by atoms with E-state index in [1.54, 1.807) is 18.4 Å². The van der Waals surface area contributed by atoms with Gasteiger partial charge in [0.25, 0.3) is 5.91 Å². The van der Waals surface area contributed by atoms with Gasteiger partial charge in [-0.1, -0.05) is 12.1 Å². The number of nitrogens with zero attached hydrogens (tertiary/aromatic N) is 2. The zero-order chi connectivity index (χ0) is 19.1. The van der Waals surface area contributed by atoms with Crippen molar-refractivity contribution in [3.05, 3.63) is 57.3 Å². The number of amides is 1. The van der Waals surface area contributed by atoms with Crippen molar-refractivity contribution in [3.63, 3.8) is 0 Å². The van der Waals surface area contributed by atoms with Crippen molar-refractivity contribution in [2.75, 3.05) is 20.1 Å². The Hall–Kier alpha value is -2.34. The molecule has 1 aromatic carbocycles. The second-order valence-corrected chi connectivity index (χ2v) is 8.21. The van der Waals surface area contributed by atoms with Crippen LogP contribution in [0.2, 0.25) is 0 Å². The third kappa shape index (κ3) is 5.57. The maximum Gasteiger partial charge on any atom is 0.253 e. The molecule has 2 heterocycles. The molecular weight excluding hydrogens is 356 g/mol. The highest BCUT2D eigenvalue weighted by Crippen LogP contribution is 2.15. The van der Waals surface area contributed by atoms with Crippen molar-refractivity contribution >= 4 is 23.2 Å². The Labute approximate surface area is 165 Å². The minimum atomic E-state index is 0.151. The van der Waals surface area contributed by atoms with Crippen LogP contribution in [0.1, 0.15) is 44.9 Å². The second-order valence-electron chi connectivity index (χ2n) is 6.84. The van der Waals surface area contributed by atoms with E-state index in [0.29, 0.717) is 6.54 Å². The van der Waals surface area contributed by atoms with Gasteiger partial charge in [-0.05, 0) is 56.0 Å². The average Bonchev–Trinajstić information content (AvgIpc) is 3.14. The molecule has 3 rings (SSSR count). The number of aliphatic imine (C=N–C) groups is 1. The fraction of sp³-hybridized carbons (Fsp3) is 0.429. The maximum atomic E-state index is 12.5. The van der Waals surface area contributed by atoms with Crippen molar-refractivity contribution in [3.8, 4) is 0 Å². The minimum Gasteiger partial charge on any atom is -0.352 e. The molecule has 1 aliphatic rings. The van der Waals surface area contributed by atoms with Gasteiger partial charge in [-0.25, -0.2) is 0 Å². The molecule has 0 bridgehead atoms. The number of thiophene rings is 1. The van der Waals surface area contributed by atoms with Crippen LogP contribution in [-0.4, -0.2) is 36.9 Å². The molecule has 144 valence electrons. The highest BCUT2D eigenvalue weighted by atomic mass is 32.1. The number of aryl methyl sites for hydroxylation is 1. The summed E-state index contributed by atoms with van der Waals surface area (Å²) >= 11 is 1.79. The molecule has 1 aromatic heterocycles. The topological polar surface area (TPSA) is 56.7 Å². The summed E-state index contributed by atoms with van der Waals surface area (Å²) in [5.41, 5.74) is 1.90. The highest BCUT2D eigenvalue weighted by molar-refractivity contribution is 7.11. The summed E-state index contributed by atoms with van der Waals surface area (Å²) in [6.07, 6.45) is 3.46. The quantitative estimate of drug-likeness (QED) is 0.612. The van der Waals surface area contributed by atoms with Gasteiger partial charge in [0, 0.05) is 42.0 Å². The van der Waals surface area contributed by atoms with Gasteiger partial charge >= 0.3 is 0 Å². The maximum absolute atomic E-state index is 12.5. The summed E-state index contributed by atoms with van der Waals surface area (Å²) in [7, 11) is 1.77. The fourth-order valence-corrected chi connectivity index (χ4v) is 4.03. The van der Waals surface area contributed by atoms with Crippen molar-refractivity contribution in [1.29, 1.82) is 0 Å². The average molecular weight is 385 g/mol. The first-order valence-electron chi connectivity index (χ1n) is 9.54. The van der Waals surface area contributed by atoms with E-state index in [9.17, 15) is 4.79 Å². The SMILES string of the molecule is CN=C(NCc1ccc(C(=O)N2CCCCC2)cc1)NCc1ccc(C)s1. The van der Waals surface area contributed by atoms with Crippen LogP contribution in [0.5, 0.6) is 0 Å². The van der Waals surface area contributed by atoms with Gasteiger partial charge in [0.15, 0.2) is 5.96 Å². The Balaban J connectivity index is 1.49. The van der Waals surface area contributed by atoms with E-state index in [-0.39, 0.29) is 5.91 Å². The van der Waals surface area contributed by atoms with Gasteiger partial charge in [-0.15, -0.1) is 11.3 Å². The van der Waals surface area contributed by atoms with E-state index in [1.807, 2.05) is 29.2 Å². The summed E-state index contributed by atoms with van der Waals surface area (Å²) in [4.78, 5) is 21.4. The zero-order valence-corrected chi connectivity index (χ0v) is 16.9. The normalized spacial score (nSPS) is 14.9. The number of carbonyl (C=O) groups is 1. The largest absolute Gasteiger partial charge is 0.352 e. The molecule has 0 aliphatic carbocycles. The first-order valence-corrected chi connectivity index (χ1v) is 10.4. The monoisotopic (exact) mass is 384 g/mol. The molecule has 1 aliphatic heterocycles. The molecule has 6 heteroatoms. The Morgan fingerprint density at radius 1 is 1.04 bits per heavy atom. The van der Waals surface area contributed by atoms with Crippen molar-refractivity contribution in [2.45, 2.75) is 39.3 Å². The summed E-state index contributed by atoms with van der Waals surface area (Å²) in [5, 5.41) is 6.65. The van der Waals surface area contributed by atoms with Crippen molar-refractivity contribution in [2.24, 2.45) is 4.99 Å². The molecule has 1 fully saturated rings. The van der Waals surface area contributed by atoms with E-state index >= 15 is 0 Å². The Morgan fingerprint density at radius 3 is 2.37 bits per heavy atom. The minimum absolute atomic E-state index is 0.151. The van der Waals surface area contributed by atoms with Crippen molar-refractivity contribution < 1.29 is 4.79 Å². The smallest absolute Gasteiger partial charge is 0.253 e. The Bertz CT molecular complexity index is 776. The van der Waals surface area contributed by atoms with Crippen LogP contribution in [0.15, 0.2) is 41.4 Å². The number of guanidine groups is 1. The Kier molecular flexibility index (Phi) is 6.87. The third-order valence-electron chi connectivity index (χ3n) is 4.75. The first-order chi connectivity index (χ1) is 13.2. The number of benzene rings is 1. The molecular formula is C21H28N4OS. The predicted molar refractivity (Wildman–Crippen MR) is 112 cm³/mol. The predicted octanol–water partition coefficient (Wildman–Crippen LogP) is 3.55. The number of carbonyl (C=O) groups excluding carboxylic acids is 1.